The molecule has 0 aliphatic heterocycles. The van der Waals surface area contributed by atoms with E-state index in [9.17, 15) is 14.4 Å². The highest BCUT2D eigenvalue weighted by atomic mass is 16.6. The van der Waals surface area contributed by atoms with Crippen LogP contribution in [0.2, 0.25) is 0 Å². The van der Waals surface area contributed by atoms with Crippen LogP contribution in [-0.2, 0) is 39.9 Å². The van der Waals surface area contributed by atoms with E-state index in [1.54, 1.807) is 0 Å². The van der Waals surface area contributed by atoms with Crippen molar-refractivity contribution in [2.75, 3.05) is 13.2 Å². The minimum atomic E-state index is -0.651. The van der Waals surface area contributed by atoms with Gasteiger partial charge in [-0.2, -0.15) is 0 Å². The highest BCUT2D eigenvalue weighted by Gasteiger charge is 2.18. The predicted molar refractivity (Wildman–Crippen MR) is 241 cm³/mol. The Morgan fingerprint density at radius 3 is 1.21 bits per heavy atom. The number of esters is 3. The van der Waals surface area contributed by atoms with Crippen LogP contribution in [0.4, 0.5) is 0 Å². The van der Waals surface area contributed by atoms with Gasteiger partial charge in [0.15, 0.2) is 6.10 Å². The molecule has 1 aromatic rings. The van der Waals surface area contributed by atoms with Crippen molar-refractivity contribution in [1.29, 1.82) is 0 Å². The Morgan fingerprint density at radius 1 is 0.414 bits per heavy atom. The molecule has 0 saturated heterocycles. The molecular formula is C51H90O7. The Hall–Kier alpha value is -2.41. The molecule has 0 saturated carbocycles. The molecule has 0 bridgehead atoms. The first-order valence-corrected chi connectivity index (χ1v) is 24.6. The zero-order chi connectivity index (χ0) is 42.0. The summed E-state index contributed by atoms with van der Waals surface area (Å²) >= 11 is 0. The van der Waals surface area contributed by atoms with Crippen LogP contribution in [0.25, 0.3) is 0 Å². The van der Waals surface area contributed by atoms with Crippen LogP contribution in [0.1, 0.15) is 245 Å². The second-order valence-corrected chi connectivity index (χ2v) is 16.9. The van der Waals surface area contributed by atoms with Gasteiger partial charge in [-0.05, 0) is 50.5 Å². The molecule has 0 unspecified atom stereocenters. The zero-order valence-corrected chi connectivity index (χ0v) is 38.1. The van der Waals surface area contributed by atoms with Crippen LogP contribution in [-0.4, -0.2) is 43.3 Å². The van der Waals surface area contributed by atoms with Crippen molar-refractivity contribution < 1.29 is 33.3 Å². The van der Waals surface area contributed by atoms with Crippen molar-refractivity contribution in [1.82, 2.24) is 0 Å². The molecule has 1 atom stereocenters. The third kappa shape index (κ3) is 35.5. The van der Waals surface area contributed by atoms with Gasteiger partial charge in [0.05, 0.1) is 13.2 Å². The Morgan fingerprint density at radius 2 is 0.776 bits per heavy atom. The van der Waals surface area contributed by atoms with E-state index >= 15 is 0 Å². The number of unbranched alkanes of at least 4 members (excludes halogenated alkanes) is 25. The summed E-state index contributed by atoms with van der Waals surface area (Å²) in [4.78, 5) is 38.2. The maximum absolute atomic E-state index is 12.8. The van der Waals surface area contributed by atoms with Crippen molar-refractivity contribution in [3.8, 4) is 0 Å². The lowest BCUT2D eigenvalue weighted by molar-refractivity contribution is -0.163. The van der Waals surface area contributed by atoms with Gasteiger partial charge in [-0.25, -0.2) is 0 Å². The molecular weight excluding hydrogens is 725 g/mol. The smallest absolute Gasteiger partial charge is 0.306 e. The highest BCUT2D eigenvalue weighted by molar-refractivity contribution is 5.70. The van der Waals surface area contributed by atoms with Crippen LogP contribution in [0.15, 0.2) is 30.3 Å². The molecule has 0 N–H and O–H groups in total. The van der Waals surface area contributed by atoms with Crippen LogP contribution < -0.4 is 0 Å². The number of carbonyl (C=O) groups is 3. The van der Waals surface area contributed by atoms with Crippen LogP contribution in [0, 0.1) is 0 Å². The fourth-order valence-corrected chi connectivity index (χ4v) is 7.49. The molecule has 58 heavy (non-hydrogen) atoms. The van der Waals surface area contributed by atoms with E-state index in [0.29, 0.717) is 25.9 Å². The van der Waals surface area contributed by atoms with Crippen LogP contribution in [0.3, 0.4) is 0 Å². The van der Waals surface area contributed by atoms with E-state index < -0.39 is 6.10 Å². The molecule has 0 aliphatic rings. The fourth-order valence-electron chi connectivity index (χ4n) is 7.49. The molecule has 0 aliphatic carbocycles. The third-order valence-corrected chi connectivity index (χ3v) is 11.2. The topological polar surface area (TPSA) is 88.1 Å². The lowest BCUT2D eigenvalue weighted by Gasteiger charge is -2.18. The van der Waals surface area contributed by atoms with Gasteiger partial charge in [0.2, 0.25) is 0 Å². The van der Waals surface area contributed by atoms with Crippen molar-refractivity contribution in [2.24, 2.45) is 0 Å². The maximum atomic E-state index is 12.8. The molecule has 336 valence electrons. The zero-order valence-electron chi connectivity index (χ0n) is 38.1. The SMILES string of the molecule is CCCCCCCCCCCCCCCC(=O)OC[C@@H](COCc1ccccc1)OC(=O)CCCCCCC(=O)OC(CCCCCCCC)CCCCCCCC. The Kier molecular flexibility index (Phi) is 38.2. The fraction of sp³-hybridized carbons (Fsp3) is 0.824. The van der Waals surface area contributed by atoms with E-state index in [0.717, 1.165) is 69.8 Å². The summed E-state index contributed by atoms with van der Waals surface area (Å²) in [5.74, 6) is -0.641. The van der Waals surface area contributed by atoms with E-state index in [-0.39, 0.29) is 43.6 Å². The number of rotatable bonds is 43. The van der Waals surface area contributed by atoms with Gasteiger partial charge in [0.25, 0.3) is 0 Å². The summed E-state index contributed by atoms with van der Waals surface area (Å²) in [5, 5.41) is 0. The average molecular weight is 815 g/mol. The Bertz CT molecular complexity index is 1040. The molecule has 0 aromatic heterocycles. The number of ether oxygens (including phenoxy) is 4. The van der Waals surface area contributed by atoms with E-state index in [2.05, 4.69) is 20.8 Å². The normalized spacial score (nSPS) is 11.9. The minimum absolute atomic E-state index is 0.00136. The second-order valence-electron chi connectivity index (χ2n) is 16.9. The van der Waals surface area contributed by atoms with Gasteiger partial charge in [0.1, 0.15) is 12.7 Å². The molecule has 7 nitrogen and oxygen atoms in total. The van der Waals surface area contributed by atoms with Gasteiger partial charge in [-0.15, -0.1) is 0 Å². The van der Waals surface area contributed by atoms with Crippen LogP contribution >= 0.6 is 0 Å². The van der Waals surface area contributed by atoms with E-state index in [1.807, 2.05) is 30.3 Å². The van der Waals surface area contributed by atoms with E-state index in [1.165, 1.54) is 128 Å². The molecule has 0 spiro atoms. The average Bonchev–Trinajstić information content (AvgIpc) is 3.22. The summed E-state index contributed by atoms with van der Waals surface area (Å²) in [6.45, 7) is 7.30. The molecule has 1 aromatic carbocycles. The first kappa shape index (κ1) is 53.6. The van der Waals surface area contributed by atoms with Crippen molar-refractivity contribution in [2.45, 2.75) is 258 Å². The Balaban J connectivity index is 2.34. The van der Waals surface area contributed by atoms with Gasteiger partial charge >= 0.3 is 17.9 Å². The number of hydrogen-bond donors (Lipinski definition) is 0. The molecule has 0 fully saturated rings. The summed E-state index contributed by atoms with van der Waals surface area (Å²) in [5.41, 5.74) is 1.03. The minimum Gasteiger partial charge on any atom is -0.462 e. The number of hydrogen-bond acceptors (Lipinski definition) is 7. The summed E-state index contributed by atoms with van der Waals surface area (Å²) in [6.07, 6.45) is 36.9. The summed E-state index contributed by atoms with van der Waals surface area (Å²) in [7, 11) is 0. The maximum Gasteiger partial charge on any atom is 0.306 e. The van der Waals surface area contributed by atoms with Gasteiger partial charge in [-0.3, -0.25) is 14.4 Å². The largest absolute Gasteiger partial charge is 0.462 e. The van der Waals surface area contributed by atoms with E-state index in [4.69, 9.17) is 18.9 Å². The highest BCUT2D eigenvalue weighted by Crippen LogP contribution is 2.19. The van der Waals surface area contributed by atoms with Crippen LogP contribution in [0.5, 0.6) is 0 Å². The van der Waals surface area contributed by atoms with Gasteiger partial charge in [-0.1, -0.05) is 205 Å². The van der Waals surface area contributed by atoms with Gasteiger partial charge in [0, 0.05) is 19.3 Å². The van der Waals surface area contributed by atoms with Gasteiger partial charge < -0.3 is 18.9 Å². The number of carbonyl (C=O) groups excluding carboxylic acids is 3. The molecule has 0 amide bonds. The van der Waals surface area contributed by atoms with Crippen molar-refractivity contribution >= 4 is 17.9 Å². The molecule has 0 heterocycles. The first-order valence-electron chi connectivity index (χ1n) is 24.6. The lowest BCUT2D eigenvalue weighted by Crippen LogP contribution is -2.29. The monoisotopic (exact) mass is 815 g/mol. The molecule has 0 radical (unpaired) electrons. The standard InChI is InChI=1S/C51H90O7/c1-4-7-10-13-16-17-18-19-20-21-22-25-33-40-49(52)56-45-48(44-55-43-46-36-29-28-30-37-46)58-51(54)42-35-27-26-34-41-50(53)57-47(38-31-23-14-11-8-5-2)39-32-24-15-12-9-6-3/h28-30,36-37,47-48H,4-27,31-35,38-45H2,1-3H3/t48-/m1/s1. The second kappa shape index (κ2) is 41.3. The first-order chi connectivity index (χ1) is 28.5. The van der Waals surface area contributed by atoms with Crippen molar-refractivity contribution in [3.63, 3.8) is 0 Å². The number of benzene rings is 1. The summed E-state index contributed by atoms with van der Waals surface area (Å²) < 4.78 is 23.2. The molecule has 1 rings (SSSR count). The quantitative estimate of drug-likeness (QED) is 0.0368. The summed E-state index contributed by atoms with van der Waals surface area (Å²) in [6, 6.07) is 9.86. The van der Waals surface area contributed by atoms with Crippen molar-refractivity contribution in [3.05, 3.63) is 35.9 Å². The predicted octanol–water partition coefficient (Wildman–Crippen LogP) is 14.9. The lowest BCUT2D eigenvalue weighted by atomic mass is 10.0. The Labute approximate surface area is 357 Å². The third-order valence-electron chi connectivity index (χ3n) is 11.2. The molecule has 7 heteroatoms.